The molecule has 0 aromatic rings. The van der Waals surface area contributed by atoms with Crippen molar-refractivity contribution >= 4 is 17.3 Å². The van der Waals surface area contributed by atoms with Crippen LogP contribution in [0.5, 0.6) is 0 Å². The maximum Gasteiger partial charge on any atom is 0.169 e. The Balaban J connectivity index is 1.79. The third kappa shape index (κ3) is 2.33. The van der Waals surface area contributed by atoms with Gasteiger partial charge in [-0.1, -0.05) is 12.8 Å². The minimum absolute atomic E-state index is 0.691. The molecule has 0 heterocycles. The molecule has 13 heavy (non-hydrogen) atoms. The van der Waals surface area contributed by atoms with E-state index in [1.807, 2.05) is 0 Å². The molecule has 3 heteroatoms. The first-order chi connectivity index (χ1) is 6.27. The highest BCUT2D eigenvalue weighted by Gasteiger charge is 2.26. The van der Waals surface area contributed by atoms with Gasteiger partial charge in [0.05, 0.1) is 0 Å². The standard InChI is InChI=1S/C10H18N2S/c1-12(9-4-2-3-5-9)10(13)11-8-6-7-8/h8-9H,2-7H2,1H3,(H,11,13). The Bertz CT molecular complexity index is 195. The Labute approximate surface area is 85.7 Å². The summed E-state index contributed by atoms with van der Waals surface area (Å²) in [5, 5.41) is 4.35. The third-order valence-corrected chi connectivity index (χ3v) is 3.50. The van der Waals surface area contributed by atoms with Gasteiger partial charge in [-0.15, -0.1) is 0 Å². The Hall–Kier alpha value is -0.310. The van der Waals surface area contributed by atoms with Crippen LogP contribution < -0.4 is 5.32 Å². The number of hydrogen-bond acceptors (Lipinski definition) is 1. The molecule has 0 spiro atoms. The first-order valence-electron chi connectivity index (χ1n) is 5.30. The van der Waals surface area contributed by atoms with E-state index in [1.54, 1.807) is 0 Å². The van der Waals surface area contributed by atoms with Crippen LogP contribution in [-0.2, 0) is 0 Å². The lowest BCUT2D eigenvalue weighted by Gasteiger charge is -2.27. The van der Waals surface area contributed by atoms with Crippen molar-refractivity contribution in [1.29, 1.82) is 0 Å². The molecule has 0 amide bonds. The molecule has 2 rings (SSSR count). The van der Waals surface area contributed by atoms with Crippen molar-refractivity contribution in [2.45, 2.75) is 50.6 Å². The highest BCUT2D eigenvalue weighted by molar-refractivity contribution is 7.80. The summed E-state index contributed by atoms with van der Waals surface area (Å²) in [6.45, 7) is 0. The normalized spacial score (nSPS) is 23.2. The summed E-state index contributed by atoms with van der Waals surface area (Å²) < 4.78 is 0. The molecule has 1 N–H and O–H groups in total. The number of nitrogens with zero attached hydrogens (tertiary/aromatic N) is 1. The van der Waals surface area contributed by atoms with E-state index >= 15 is 0 Å². The number of thiocarbonyl (C=S) groups is 1. The van der Waals surface area contributed by atoms with Crippen LogP contribution >= 0.6 is 12.2 Å². The second kappa shape index (κ2) is 3.82. The fraction of sp³-hybridized carbons (Fsp3) is 0.900. The van der Waals surface area contributed by atoms with E-state index in [1.165, 1.54) is 38.5 Å². The van der Waals surface area contributed by atoms with Crippen LogP contribution in [0.4, 0.5) is 0 Å². The monoisotopic (exact) mass is 198 g/mol. The zero-order chi connectivity index (χ0) is 9.26. The highest BCUT2D eigenvalue weighted by atomic mass is 32.1. The van der Waals surface area contributed by atoms with E-state index in [4.69, 9.17) is 12.2 Å². The van der Waals surface area contributed by atoms with Crippen molar-refractivity contribution in [3.8, 4) is 0 Å². The molecule has 2 aliphatic carbocycles. The highest BCUT2D eigenvalue weighted by Crippen LogP contribution is 2.24. The minimum Gasteiger partial charge on any atom is -0.360 e. The van der Waals surface area contributed by atoms with Crippen molar-refractivity contribution in [2.75, 3.05) is 7.05 Å². The van der Waals surface area contributed by atoms with E-state index in [9.17, 15) is 0 Å². The lowest BCUT2D eigenvalue weighted by molar-refractivity contribution is 0.366. The summed E-state index contributed by atoms with van der Waals surface area (Å²) >= 11 is 5.34. The quantitative estimate of drug-likeness (QED) is 0.682. The molecule has 0 aromatic heterocycles. The first-order valence-corrected chi connectivity index (χ1v) is 5.71. The maximum absolute atomic E-state index is 5.34. The zero-order valence-corrected chi connectivity index (χ0v) is 9.07. The molecular weight excluding hydrogens is 180 g/mol. The molecule has 0 aliphatic heterocycles. The van der Waals surface area contributed by atoms with Gasteiger partial charge in [0.15, 0.2) is 5.11 Å². The van der Waals surface area contributed by atoms with Crippen LogP contribution in [0.2, 0.25) is 0 Å². The van der Waals surface area contributed by atoms with Crippen molar-refractivity contribution < 1.29 is 0 Å². The molecule has 0 radical (unpaired) electrons. The van der Waals surface area contributed by atoms with Crippen molar-refractivity contribution in [1.82, 2.24) is 10.2 Å². The van der Waals surface area contributed by atoms with Gasteiger partial charge in [0.25, 0.3) is 0 Å². The van der Waals surface area contributed by atoms with E-state index in [0.29, 0.717) is 12.1 Å². The molecule has 74 valence electrons. The van der Waals surface area contributed by atoms with Crippen molar-refractivity contribution in [3.63, 3.8) is 0 Å². The van der Waals surface area contributed by atoms with Crippen LogP contribution in [0.3, 0.4) is 0 Å². The van der Waals surface area contributed by atoms with Gasteiger partial charge >= 0.3 is 0 Å². The second-order valence-electron chi connectivity index (χ2n) is 4.27. The van der Waals surface area contributed by atoms with E-state index in [2.05, 4.69) is 17.3 Å². The Morgan fingerprint density at radius 1 is 1.23 bits per heavy atom. The lowest BCUT2D eigenvalue weighted by Crippen LogP contribution is -2.43. The minimum atomic E-state index is 0.691. The Morgan fingerprint density at radius 2 is 1.85 bits per heavy atom. The van der Waals surface area contributed by atoms with E-state index in [-0.39, 0.29) is 0 Å². The molecule has 2 nitrogen and oxygen atoms in total. The average Bonchev–Trinajstić information content (AvgIpc) is 2.78. The number of nitrogens with one attached hydrogen (secondary N) is 1. The predicted octanol–water partition coefficient (Wildman–Crippen LogP) is 1.90. The summed E-state index contributed by atoms with van der Waals surface area (Å²) in [5.41, 5.74) is 0. The van der Waals surface area contributed by atoms with Crippen LogP contribution in [0.25, 0.3) is 0 Å². The summed E-state index contributed by atoms with van der Waals surface area (Å²) in [6, 6.07) is 1.40. The van der Waals surface area contributed by atoms with Gasteiger partial charge in [-0.05, 0) is 37.9 Å². The fourth-order valence-electron chi connectivity index (χ4n) is 1.96. The van der Waals surface area contributed by atoms with Gasteiger partial charge in [-0.3, -0.25) is 0 Å². The average molecular weight is 198 g/mol. The van der Waals surface area contributed by atoms with Gasteiger partial charge in [0.2, 0.25) is 0 Å². The van der Waals surface area contributed by atoms with E-state index < -0.39 is 0 Å². The molecule has 2 saturated carbocycles. The summed E-state index contributed by atoms with van der Waals surface area (Å²) in [5.74, 6) is 0. The smallest absolute Gasteiger partial charge is 0.169 e. The van der Waals surface area contributed by atoms with Gasteiger partial charge in [-0.25, -0.2) is 0 Å². The first kappa shape index (κ1) is 9.25. The van der Waals surface area contributed by atoms with Crippen LogP contribution in [0, 0.1) is 0 Å². The number of rotatable bonds is 2. The number of hydrogen-bond donors (Lipinski definition) is 1. The van der Waals surface area contributed by atoms with Gasteiger partial charge < -0.3 is 10.2 Å². The molecule has 0 unspecified atom stereocenters. The lowest BCUT2D eigenvalue weighted by atomic mass is 10.2. The van der Waals surface area contributed by atoms with Crippen LogP contribution in [0.1, 0.15) is 38.5 Å². The second-order valence-corrected chi connectivity index (χ2v) is 4.66. The van der Waals surface area contributed by atoms with Gasteiger partial charge in [0.1, 0.15) is 0 Å². The molecular formula is C10H18N2S. The summed E-state index contributed by atoms with van der Waals surface area (Å²) in [4.78, 5) is 2.26. The van der Waals surface area contributed by atoms with E-state index in [0.717, 1.165) is 5.11 Å². The SMILES string of the molecule is CN(C(=S)NC1CC1)C1CCCC1. The Kier molecular flexibility index (Phi) is 2.72. The Morgan fingerprint density at radius 3 is 2.38 bits per heavy atom. The van der Waals surface area contributed by atoms with Crippen molar-refractivity contribution in [3.05, 3.63) is 0 Å². The van der Waals surface area contributed by atoms with Crippen LogP contribution in [0.15, 0.2) is 0 Å². The van der Waals surface area contributed by atoms with Gasteiger partial charge in [-0.2, -0.15) is 0 Å². The molecule has 2 fully saturated rings. The molecule has 0 bridgehead atoms. The topological polar surface area (TPSA) is 15.3 Å². The summed E-state index contributed by atoms with van der Waals surface area (Å²) in [6.07, 6.45) is 8.01. The van der Waals surface area contributed by atoms with Crippen LogP contribution in [-0.4, -0.2) is 29.1 Å². The van der Waals surface area contributed by atoms with Crippen molar-refractivity contribution in [2.24, 2.45) is 0 Å². The third-order valence-electron chi connectivity index (χ3n) is 3.10. The molecule has 2 aliphatic rings. The molecule has 0 atom stereocenters. The zero-order valence-electron chi connectivity index (χ0n) is 8.25. The fourth-order valence-corrected chi connectivity index (χ4v) is 2.28. The summed E-state index contributed by atoms with van der Waals surface area (Å²) in [7, 11) is 2.13. The molecule has 0 saturated heterocycles. The molecule has 0 aromatic carbocycles. The largest absolute Gasteiger partial charge is 0.360 e. The predicted molar refractivity (Wildman–Crippen MR) is 58.8 cm³/mol. The maximum atomic E-state index is 5.34. The van der Waals surface area contributed by atoms with Gasteiger partial charge in [0, 0.05) is 19.1 Å².